The third-order valence-corrected chi connectivity index (χ3v) is 7.01. The molecule has 1 atom stereocenters. The van der Waals surface area contributed by atoms with E-state index in [1.807, 2.05) is 63.8 Å². The van der Waals surface area contributed by atoms with Crippen LogP contribution in [0.15, 0.2) is 60.7 Å². The average Bonchev–Trinajstić information content (AvgIpc) is 2.92. The van der Waals surface area contributed by atoms with Crippen LogP contribution in [0.25, 0.3) is 6.08 Å². The van der Waals surface area contributed by atoms with E-state index in [0.717, 1.165) is 50.1 Å². The molecule has 0 N–H and O–H groups in total. The Labute approximate surface area is 235 Å². The number of likely N-dealkylation sites (tertiary alicyclic amines) is 1. The van der Waals surface area contributed by atoms with E-state index >= 15 is 0 Å². The molecule has 0 spiro atoms. The summed E-state index contributed by atoms with van der Waals surface area (Å²) in [4.78, 5) is 29.7. The third-order valence-electron chi connectivity index (χ3n) is 7.01. The predicted octanol–water partition coefficient (Wildman–Crippen LogP) is 6.29. The number of benzene rings is 2. The molecule has 1 amide bonds. The van der Waals surface area contributed by atoms with E-state index in [-0.39, 0.29) is 29.6 Å². The van der Waals surface area contributed by atoms with E-state index in [9.17, 15) is 9.59 Å². The minimum absolute atomic E-state index is 0.147. The minimum Gasteiger partial charge on any atom is -0.459 e. The van der Waals surface area contributed by atoms with E-state index in [1.54, 1.807) is 6.08 Å². The van der Waals surface area contributed by atoms with Gasteiger partial charge in [0.1, 0.15) is 6.10 Å². The van der Waals surface area contributed by atoms with Crippen molar-refractivity contribution in [3.05, 3.63) is 71.8 Å². The number of anilines is 1. The Morgan fingerprint density at radius 2 is 1.72 bits per heavy atom. The highest BCUT2D eigenvalue weighted by Crippen LogP contribution is 2.26. The summed E-state index contributed by atoms with van der Waals surface area (Å²) in [7, 11) is 0. The molecule has 2 aromatic rings. The van der Waals surface area contributed by atoms with Gasteiger partial charge in [-0.1, -0.05) is 49.4 Å². The van der Waals surface area contributed by atoms with Crippen LogP contribution in [-0.2, 0) is 25.5 Å². The number of esters is 1. The van der Waals surface area contributed by atoms with Crippen LogP contribution in [0.4, 0.5) is 5.69 Å². The van der Waals surface area contributed by atoms with Crippen molar-refractivity contribution in [3.8, 4) is 0 Å². The second-order valence-electron chi connectivity index (χ2n) is 11.3. The number of hydrogen-bond donors (Lipinski definition) is 0. The van der Waals surface area contributed by atoms with Crippen molar-refractivity contribution < 1.29 is 19.1 Å². The van der Waals surface area contributed by atoms with Gasteiger partial charge in [0.25, 0.3) is 0 Å². The van der Waals surface area contributed by atoms with Gasteiger partial charge in [-0.2, -0.15) is 0 Å². The van der Waals surface area contributed by atoms with E-state index in [2.05, 4.69) is 35.2 Å². The van der Waals surface area contributed by atoms with Crippen LogP contribution in [0.3, 0.4) is 0 Å². The predicted molar refractivity (Wildman–Crippen MR) is 159 cm³/mol. The zero-order valence-corrected chi connectivity index (χ0v) is 24.4. The van der Waals surface area contributed by atoms with Gasteiger partial charge in [-0.05, 0) is 76.3 Å². The second-order valence-corrected chi connectivity index (χ2v) is 11.3. The normalized spacial score (nSPS) is 15.8. The topological polar surface area (TPSA) is 59.1 Å². The van der Waals surface area contributed by atoms with Crippen LogP contribution in [0.5, 0.6) is 0 Å². The summed E-state index contributed by atoms with van der Waals surface area (Å²) in [5.74, 6) is -0.224. The third kappa shape index (κ3) is 10.6. The molecule has 1 heterocycles. The van der Waals surface area contributed by atoms with Gasteiger partial charge in [0, 0.05) is 50.3 Å². The number of amides is 1. The molecule has 1 fully saturated rings. The molecule has 0 aliphatic carbocycles. The molecule has 1 aliphatic rings. The molecule has 1 aliphatic heterocycles. The van der Waals surface area contributed by atoms with Gasteiger partial charge in [-0.25, -0.2) is 4.79 Å². The van der Waals surface area contributed by atoms with Crippen molar-refractivity contribution in [2.24, 2.45) is 0 Å². The molecule has 0 aromatic heterocycles. The van der Waals surface area contributed by atoms with Gasteiger partial charge >= 0.3 is 5.97 Å². The number of piperidine rings is 1. The van der Waals surface area contributed by atoms with E-state index in [4.69, 9.17) is 9.47 Å². The highest BCUT2D eigenvalue weighted by molar-refractivity contribution is 5.94. The number of rotatable bonds is 12. The summed E-state index contributed by atoms with van der Waals surface area (Å²) >= 11 is 0. The van der Waals surface area contributed by atoms with Crippen LogP contribution < -0.4 is 4.90 Å². The Morgan fingerprint density at radius 1 is 1.05 bits per heavy atom. The Bertz CT molecular complexity index is 1050. The van der Waals surface area contributed by atoms with Gasteiger partial charge in [-0.15, -0.1) is 0 Å². The number of ether oxygens (including phenoxy) is 2. The molecule has 0 radical (unpaired) electrons. The Kier molecular flexibility index (Phi) is 11.8. The molecule has 1 unspecified atom stereocenters. The summed E-state index contributed by atoms with van der Waals surface area (Å²) < 4.78 is 11.2. The monoisotopic (exact) mass is 534 g/mol. The first-order valence-corrected chi connectivity index (χ1v) is 14.4. The minimum atomic E-state index is -0.371. The van der Waals surface area contributed by atoms with Crippen molar-refractivity contribution in [1.82, 2.24) is 4.90 Å². The molecular weight excluding hydrogens is 488 g/mol. The summed E-state index contributed by atoms with van der Waals surface area (Å²) in [6.45, 7) is 13.4. The first-order chi connectivity index (χ1) is 18.6. The second kappa shape index (κ2) is 15.0. The van der Waals surface area contributed by atoms with Crippen LogP contribution in [-0.4, -0.2) is 60.8 Å². The number of carbonyl (C=O) groups excluding carboxylic acids is 2. The first kappa shape index (κ1) is 30.6. The lowest BCUT2D eigenvalue weighted by molar-refractivity contribution is -0.143. The summed E-state index contributed by atoms with van der Waals surface area (Å²) in [6.07, 6.45) is 7.10. The lowest BCUT2D eigenvalue weighted by atomic mass is 10.0. The number of carbonyl (C=O) groups is 2. The Morgan fingerprint density at radius 3 is 2.33 bits per heavy atom. The highest BCUT2D eigenvalue weighted by atomic mass is 16.5. The van der Waals surface area contributed by atoms with Gasteiger partial charge < -0.3 is 19.3 Å². The zero-order chi connectivity index (χ0) is 28.3. The van der Waals surface area contributed by atoms with Crippen molar-refractivity contribution >= 4 is 23.6 Å². The van der Waals surface area contributed by atoms with E-state index in [1.165, 1.54) is 11.6 Å². The Balaban J connectivity index is 1.51. The molecule has 6 heteroatoms. The van der Waals surface area contributed by atoms with E-state index < -0.39 is 0 Å². The van der Waals surface area contributed by atoms with Crippen molar-refractivity contribution in [2.75, 3.05) is 31.1 Å². The zero-order valence-electron chi connectivity index (χ0n) is 24.4. The summed E-state index contributed by atoms with van der Waals surface area (Å²) in [6, 6.07) is 18.7. The van der Waals surface area contributed by atoms with Gasteiger partial charge in [-0.3, -0.25) is 4.79 Å². The maximum atomic E-state index is 13.0. The maximum absolute atomic E-state index is 13.0. The smallest absolute Gasteiger partial charge is 0.331 e. The Hall–Kier alpha value is -2.96. The van der Waals surface area contributed by atoms with Crippen LogP contribution in [0, 0.1) is 0 Å². The molecule has 0 saturated carbocycles. The molecular formula is C33H46N2O4. The first-order valence-electron chi connectivity index (χ1n) is 14.4. The standard InChI is InChI=1S/C33H46N2O4/c1-6-31(36)35(30-19-23-34(24-20-30)22-18-27-10-8-7-9-11-27)29-15-12-28(13-16-29)14-17-32(37)39-26(2)21-25-38-33(3,4)5/h7-17,26,30H,6,18-25H2,1-5H3/b17-14+. The maximum Gasteiger partial charge on any atom is 0.331 e. The molecule has 212 valence electrons. The lowest BCUT2D eigenvalue weighted by Gasteiger charge is -2.38. The fourth-order valence-electron chi connectivity index (χ4n) is 4.80. The number of nitrogens with zero attached hydrogens (tertiary/aromatic N) is 2. The number of hydrogen-bond acceptors (Lipinski definition) is 5. The lowest BCUT2D eigenvalue weighted by Crippen LogP contribution is -2.47. The highest BCUT2D eigenvalue weighted by Gasteiger charge is 2.28. The van der Waals surface area contributed by atoms with Gasteiger partial charge in [0.15, 0.2) is 0 Å². The van der Waals surface area contributed by atoms with Gasteiger partial charge in [0.2, 0.25) is 5.91 Å². The van der Waals surface area contributed by atoms with E-state index in [0.29, 0.717) is 19.4 Å². The molecule has 39 heavy (non-hydrogen) atoms. The average molecular weight is 535 g/mol. The van der Waals surface area contributed by atoms with Crippen molar-refractivity contribution in [1.29, 1.82) is 0 Å². The fraction of sp³-hybridized carbons (Fsp3) is 0.515. The molecule has 2 aromatic carbocycles. The van der Waals surface area contributed by atoms with Crippen molar-refractivity contribution in [3.63, 3.8) is 0 Å². The molecule has 6 nitrogen and oxygen atoms in total. The van der Waals surface area contributed by atoms with Crippen LogP contribution >= 0.6 is 0 Å². The van der Waals surface area contributed by atoms with Crippen molar-refractivity contribution in [2.45, 2.75) is 84.5 Å². The van der Waals surface area contributed by atoms with Crippen LogP contribution in [0.2, 0.25) is 0 Å². The quantitative estimate of drug-likeness (QED) is 0.237. The van der Waals surface area contributed by atoms with Crippen LogP contribution in [0.1, 0.15) is 71.4 Å². The summed E-state index contributed by atoms with van der Waals surface area (Å²) in [5, 5.41) is 0. The summed E-state index contributed by atoms with van der Waals surface area (Å²) in [5.41, 5.74) is 2.97. The molecule has 1 saturated heterocycles. The van der Waals surface area contributed by atoms with Gasteiger partial charge in [0.05, 0.1) is 12.2 Å². The largest absolute Gasteiger partial charge is 0.459 e. The fourth-order valence-corrected chi connectivity index (χ4v) is 4.80. The SMILES string of the molecule is CCC(=O)N(c1ccc(/C=C/C(=O)OC(C)CCOC(C)(C)C)cc1)C1CCN(CCc2ccccc2)CC1. The molecule has 0 bridgehead atoms. The molecule has 3 rings (SSSR count).